The van der Waals surface area contributed by atoms with Crippen LogP contribution in [0.25, 0.3) is 11.5 Å². The molecule has 7 nitrogen and oxygen atoms in total. The average Bonchev–Trinajstić information content (AvgIpc) is 3.23. The van der Waals surface area contributed by atoms with Crippen molar-refractivity contribution in [1.29, 1.82) is 0 Å². The fraction of sp³-hybridized carbons (Fsp3) is 0.273. The van der Waals surface area contributed by atoms with Gasteiger partial charge in [0.05, 0.1) is 13.7 Å². The van der Waals surface area contributed by atoms with Crippen LogP contribution in [0.15, 0.2) is 64.2 Å². The van der Waals surface area contributed by atoms with Gasteiger partial charge in [0.15, 0.2) is 17.5 Å². The number of guanidine groups is 1. The van der Waals surface area contributed by atoms with Gasteiger partial charge in [0.1, 0.15) is 12.0 Å². The molecule has 0 atom stereocenters. The van der Waals surface area contributed by atoms with Crippen molar-refractivity contribution < 1.29 is 14.3 Å². The lowest BCUT2D eigenvalue weighted by atomic mass is 10.1. The Morgan fingerprint density at radius 3 is 2.72 bits per heavy atom. The summed E-state index contributed by atoms with van der Waals surface area (Å²) in [6.07, 6.45) is 2.26. The summed E-state index contributed by atoms with van der Waals surface area (Å²) >= 11 is 0. The number of phenolic OH excluding ortho intramolecular Hbond substituents is 1. The van der Waals surface area contributed by atoms with Gasteiger partial charge in [-0.05, 0) is 37.1 Å². The number of nitrogens with one attached hydrogen (secondary N) is 2. The van der Waals surface area contributed by atoms with Crippen molar-refractivity contribution >= 4 is 5.96 Å². The first-order chi connectivity index (χ1) is 14.2. The zero-order valence-electron chi connectivity index (χ0n) is 16.7. The molecule has 0 spiro atoms. The summed E-state index contributed by atoms with van der Waals surface area (Å²) in [5.41, 5.74) is 2.51. The molecule has 29 heavy (non-hydrogen) atoms. The summed E-state index contributed by atoms with van der Waals surface area (Å²) in [6, 6.07) is 15.2. The van der Waals surface area contributed by atoms with Gasteiger partial charge >= 0.3 is 0 Å². The van der Waals surface area contributed by atoms with Crippen molar-refractivity contribution in [2.45, 2.75) is 19.9 Å². The minimum atomic E-state index is 0.176. The van der Waals surface area contributed by atoms with Crippen LogP contribution in [-0.4, -0.2) is 36.2 Å². The molecular weight excluding hydrogens is 368 g/mol. The standard InChI is InChI=1S/C22H26N4O3/c1-3-23-22(24-13-12-16-10-7-11-19(28-2)20(16)27)25-14-18-15-29-21(26-18)17-8-5-4-6-9-17/h4-11,15,27H,3,12-14H2,1-2H3,(H2,23,24,25). The minimum Gasteiger partial charge on any atom is -0.504 e. The van der Waals surface area contributed by atoms with Crippen molar-refractivity contribution in [3.8, 4) is 23.0 Å². The SMILES string of the molecule is CCNC(=NCc1coc(-c2ccccc2)n1)NCCc1cccc(OC)c1O. The maximum absolute atomic E-state index is 10.2. The van der Waals surface area contributed by atoms with Crippen LogP contribution in [-0.2, 0) is 13.0 Å². The molecule has 1 heterocycles. The maximum Gasteiger partial charge on any atom is 0.226 e. The minimum absolute atomic E-state index is 0.176. The number of aromatic nitrogens is 1. The lowest BCUT2D eigenvalue weighted by molar-refractivity contribution is 0.370. The lowest BCUT2D eigenvalue weighted by Crippen LogP contribution is -2.38. The highest BCUT2D eigenvalue weighted by Crippen LogP contribution is 2.29. The van der Waals surface area contributed by atoms with Crippen LogP contribution < -0.4 is 15.4 Å². The Labute approximate surface area is 170 Å². The van der Waals surface area contributed by atoms with Gasteiger partial charge in [-0.15, -0.1) is 0 Å². The Bertz CT molecular complexity index is 938. The van der Waals surface area contributed by atoms with Crippen LogP contribution in [0.3, 0.4) is 0 Å². The number of para-hydroxylation sites is 1. The van der Waals surface area contributed by atoms with E-state index in [0.717, 1.165) is 23.4 Å². The molecule has 0 saturated heterocycles. The van der Waals surface area contributed by atoms with Gasteiger partial charge in [0, 0.05) is 18.7 Å². The number of aromatic hydroxyl groups is 1. The van der Waals surface area contributed by atoms with Crippen LogP contribution in [0, 0.1) is 0 Å². The molecule has 152 valence electrons. The lowest BCUT2D eigenvalue weighted by Gasteiger charge is -2.12. The number of rotatable bonds is 8. The van der Waals surface area contributed by atoms with Crippen molar-refractivity contribution in [2.24, 2.45) is 4.99 Å². The van der Waals surface area contributed by atoms with Gasteiger partial charge in [-0.1, -0.05) is 30.3 Å². The normalized spacial score (nSPS) is 11.3. The van der Waals surface area contributed by atoms with Gasteiger partial charge in [-0.2, -0.15) is 0 Å². The number of methoxy groups -OCH3 is 1. The third-order valence-electron chi connectivity index (χ3n) is 4.31. The van der Waals surface area contributed by atoms with E-state index >= 15 is 0 Å². The largest absolute Gasteiger partial charge is 0.504 e. The number of aliphatic imine (C=N–C) groups is 1. The second kappa shape index (κ2) is 10.2. The first-order valence-electron chi connectivity index (χ1n) is 9.58. The molecule has 3 rings (SSSR count). The smallest absolute Gasteiger partial charge is 0.226 e. The van der Waals surface area contributed by atoms with Crippen LogP contribution in [0.5, 0.6) is 11.5 Å². The highest BCUT2D eigenvalue weighted by Gasteiger charge is 2.08. The van der Waals surface area contributed by atoms with Crippen LogP contribution in [0.4, 0.5) is 0 Å². The van der Waals surface area contributed by atoms with Gasteiger partial charge < -0.3 is 24.9 Å². The maximum atomic E-state index is 10.2. The molecule has 0 fully saturated rings. The molecule has 0 unspecified atom stereocenters. The average molecular weight is 394 g/mol. The molecule has 3 aromatic rings. The van der Waals surface area contributed by atoms with Crippen molar-refractivity contribution in [1.82, 2.24) is 15.6 Å². The number of phenols is 1. The van der Waals surface area contributed by atoms with Crippen LogP contribution >= 0.6 is 0 Å². The molecule has 0 bridgehead atoms. The summed E-state index contributed by atoms with van der Waals surface area (Å²) in [5, 5.41) is 16.7. The zero-order valence-corrected chi connectivity index (χ0v) is 16.7. The molecule has 7 heteroatoms. The van der Waals surface area contributed by atoms with Crippen molar-refractivity contribution in [3.05, 3.63) is 66.1 Å². The molecule has 1 aromatic heterocycles. The Morgan fingerprint density at radius 2 is 1.97 bits per heavy atom. The topological polar surface area (TPSA) is 91.9 Å². The second-order valence-corrected chi connectivity index (χ2v) is 6.35. The molecule has 0 saturated carbocycles. The van der Waals surface area contributed by atoms with E-state index in [1.165, 1.54) is 0 Å². The van der Waals surface area contributed by atoms with Crippen LogP contribution in [0.1, 0.15) is 18.2 Å². The molecule has 0 radical (unpaired) electrons. The number of ether oxygens (including phenoxy) is 1. The Balaban J connectivity index is 1.58. The molecule has 0 aliphatic heterocycles. The molecule has 0 amide bonds. The van der Waals surface area contributed by atoms with E-state index in [9.17, 15) is 5.11 Å². The quantitative estimate of drug-likeness (QED) is 0.401. The van der Waals surface area contributed by atoms with Crippen molar-refractivity contribution in [2.75, 3.05) is 20.2 Å². The summed E-state index contributed by atoms with van der Waals surface area (Å²) < 4.78 is 10.7. The van der Waals surface area contributed by atoms with E-state index in [2.05, 4.69) is 20.6 Å². The third kappa shape index (κ3) is 5.51. The van der Waals surface area contributed by atoms with E-state index in [-0.39, 0.29) is 5.75 Å². The third-order valence-corrected chi connectivity index (χ3v) is 4.31. The summed E-state index contributed by atoms with van der Waals surface area (Å²) in [6.45, 7) is 3.76. The summed E-state index contributed by atoms with van der Waals surface area (Å²) in [7, 11) is 1.54. The van der Waals surface area contributed by atoms with Gasteiger partial charge in [0.2, 0.25) is 5.89 Å². The Morgan fingerprint density at radius 1 is 1.14 bits per heavy atom. The van der Waals surface area contributed by atoms with E-state index in [1.54, 1.807) is 19.4 Å². The van der Waals surface area contributed by atoms with Gasteiger partial charge in [-0.3, -0.25) is 0 Å². The first kappa shape index (κ1) is 20.3. The molecule has 2 aromatic carbocycles. The second-order valence-electron chi connectivity index (χ2n) is 6.35. The molecule has 0 aliphatic carbocycles. The predicted molar refractivity (Wildman–Crippen MR) is 113 cm³/mol. The fourth-order valence-electron chi connectivity index (χ4n) is 2.84. The highest BCUT2D eigenvalue weighted by atomic mass is 16.5. The zero-order chi connectivity index (χ0) is 20.5. The number of benzene rings is 2. The number of oxazole rings is 1. The predicted octanol–water partition coefficient (Wildman–Crippen LogP) is 3.35. The van der Waals surface area contributed by atoms with Gasteiger partial charge in [0.25, 0.3) is 0 Å². The van der Waals surface area contributed by atoms with E-state index in [4.69, 9.17) is 9.15 Å². The van der Waals surface area contributed by atoms with E-state index in [1.807, 2.05) is 49.4 Å². The van der Waals surface area contributed by atoms with E-state index < -0.39 is 0 Å². The summed E-state index contributed by atoms with van der Waals surface area (Å²) in [4.78, 5) is 9.06. The van der Waals surface area contributed by atoms with E-state index in [0.29, 0.717) is 37.1 Å². The molecular formula is C22H26N4O3. The van der Waals surface area contributed by atoms with Crippen LogP contribution in [0.2, 0.25) is 0 Å². The Hall–Kier alpha value is -3.48. The molecule has 0 aliphatic rings. The first-order valence-corrected chi connectivity index (χ1v) is 9.58. The van der Waals surface area contributed by atoms with Gasteiger partial charge in [-0.25, -0.2) is 9.98 Å². The molecule has 3 N–H and O–H groups in total. The number of hydrogen-bond donors (Lipinski definition) is 3. The van der Waals surface area contributed by atoms with Crippen molar-refractivity contribution in [3.63, 3.8) is 0 Å². The Kier molecular flexibility index (Phi) is 7.10. The number of nitrogens with zero attached hydrogens (tertiary/aromatic N) is 2. The fourth-order valence-corrected chi connectivity index (χ4v) is 2.84. The number of hydrogen-bond acceptors (Lipinski definition) is 5. The summed E-state index contributed by atoms with van der Waals surface area (Å²) in [5.74, 6) is 1.92. The highest BCUT2D eigenvalue weighted by molar-refractivity contribution is 5.79. The monoisotopic (exact) mass is 394 g/mol.